The van der Waals surface area contributed by atoms with Crippen LogP contribution in [0.3, 0.4) is 0 Å². The normalized spacial score (nSPS) is 16.2. The van der Waals surface area contributed by atoms with Crippen molar-refractivity contribution >= 4 is 5.84 Å². The van der Waals surface area contributed by atoms with Crippen LogP contribution in [0.15, 0.2) is 28.4 Å². The Hall–Kier alpha value is -1.05. The maximum absolute atomic E-state index is 4.55. The predicted molar refractivity (Wildman–Crippen MR) is 67.1 cm³/mol. The second-order valence-corrected chi connectivity index (χ2v) is 4.64. The molecule has 0 aromatic carbocycles. The molecule has 0 amide bonds. The molecule has 0 bridgehead atoms. The molecule has 0 unspecified atom stereocenters. The Morgan fingerprint density at radius 2 is 1.73 bits per heavy atom. The summed E-state index contributed by atoms with van der Waals surface area (Å²) in [6, 6.07) is 0.692. The third-order valence-electron chi connectivity index (χ3n) is 2.81. The molecule has 2 nitrogen and oxygen atoms in total. The van der Waals surface area contributed by atoms with Gasteiger partial charge >= 0.3 is 0 Å². The van der Waals surface area contributed by atoms with E-state index in [2.05, 4.69) is 44.3 Å². The highest BCUT2D eigenvalue weighted by Gasteiger charge is 2.29. The van der Waals surface area contributed by atoms with Crippen LogP contribution in [0.5, 0.6) is 0 Å². The summed E-state index contributed by atoms with van der Waals surface area (Å²) in [5.41, 5.74) is 3.47. The van der Waals surface area contributed by atoms with Gasteiger partial charge < -0.3 is 4.90 Å². The van der Waals surface area contributed by atoms with Gasteiger partial charge in [0.15, 0.2) is 0 Å². The minimum Gasteiger partial charge on any atom is -0.356 e. The van der Waals surface area contributed by atoms with E-state index >= 15 is 0 Å². The lowest BCUT2D eigenvalue weighted by Gasteiger charge is -2.22. The lowest BCUT2D eigenvalue weighted by Crippen LogP contribution is -2.30. The molecule has 0 aromatic heterocycles. The van der Waals surface area contributed by atoms with Crippen LogP contribution in [0.4, 0.5) is 0 Å². The molecule has 0 radical (unpaired) electrons. The molecule has 0 heterocycles. The highest BCUT2D eigenvalue weighted by atomic mass is 15.2. The lowest BCUT2D eigenvalue weighted by atomic mass is 10.1. The van der Waals surface area contributed by atoms with Crippen LogP contribution in [-0.4, -0.2) is 23.8 Å². The molecule has 1 saturated carbocycles. The first-order chi connectivity index (χ1) is 6.93. The number of rotatable bonds is 3. The van der Waals surface area contributed by atoms with Gasteiger partial charge in [-0.25, -0.2) is 4.99 Å². The van der Waals surface area contributed by atoms with E-state index in [-0.39, 0.29) is 0 Å². The fourth-order valence-electron chi connectivity index (χ4n) is 1.47. The number of allylic oxidation sites excluding steroid dienone is 2. The van der Waals surface area contributed by atoms with Crippen LogP contribution in [0.2, 0.25) is 0 Å². The molecule has 84 valence electrons. The average molecular weight is 206 g/mol. The van der Waals surface area contributed by atoms with Crippen LogP contribution < -0.4 is 0 Å². The van der Waals surface area contributed by atoms with Crippen molar-refractivity contribution in [3.05, 3.63) is 23.4 Å². The first-order valence-electron chi connectivity index (χ1n) is 5.55. The maximum Gasteiger partial charge on any atom is 0.131 e. The van der Waals surface area contributed by atoms with Crippen molar-refractivity contribution in [2.24, 2.45) is 4.99 Å². The van der Waals surface area contributed by atoms with Crippen molar-refractivity contribution < 1.29 is 0 Å². The summed E-state index contributed by atoms with van der Waals surface area (Å²) >= 11 is 0. The smallest absolute Gasteiger partial charge is 0.131 e. The maximum atomic E-state index is 4.55. The summed E-state index contributed by atoms with van der Waals surface area (Å²) < 4.78 is 0. The number of aliphatic imine (C=N–C) groups is 1. The summed E-state index contributed by atoms with van der Waals surface area (Å²) in [6.45, 7) is 12.2. The third kappa shape index (κ3) is 3.22. The number of nitrogens with zero attached hydrogens (tertiary/aromatic N) is 2. The van der Waals surface area contributed by atoms with Gasteiger partial charge in [-0.05, 0) is 46.1 Å². The first-order valence-corrected chi connectivity index (χ1v) is 5.55. The van der Waals surface area contributed by atoms with Gasteiger partial charge in [-0.2, -0.15) is 0 Å². The van der Waals surface area contributed by atoms with E-state index in [4.69, 9.17) is 0 Å². The molecule has 1 rings (SSSR count). The molecule has 0 spiro atoms. The van der Waals surface area contributed by atoms with E-state index in [1.54, 1.807) is 0 Å². The van der Waals surface area contributed by atoms with Gasteiger partial charge in [0.05, 0.1) is 0 Å². The quantitative estimate of drug-likeness (QED) is 0.510. The zero-order valence-electron chi connectivity index (χ0n) is 10.6. The number of hydrogen-bond acceptors (Lipinski definition) is 1. The highest BCUT2D eigenvalue weighted by Crippen LogP contribution is 2.27. The molecule has 1 aliphatic carbocycles. The Kier molecular flexibility index (Phi) is 3.72. The lowest BCUT2D eigenvalue weighted by molar-refractivity contribution is 0.494. The Morgan fingerprint density at radius 3 is 2.07 bits per heavy atom. The minimum atomic E-state index is 0.692. The molecule has 0 atom stereocenters. The largest absolute Gasteiger partial charge is 0.356 e. The number of hydrogen-bond donors (Lipinski definition) is 0. The average Bonchev–Trinajstić information content (AvgIpc) is 2.94. The molecule has 1 fully saturated rings. The summed E-state index contributed by atoms with van der Waals surface area (Å²) in [5, 5.41) is 0. The first kappa shape index (κ1) is 12.0. The fraction of sp³-hybridized carbons (Fsp3) is 0.615. The van der Waals surface area contributed by atoms with Gasteiger partial charge in [0, 0.05) is 18.8 Å². The van der Waals surface area contributed by atoms with Crippen molar-refractivity contribution in [3.63, 3.8) is 0 Å². The van der Waals surface area contributed by atoms with Gasteiger partial charge in [-0.1, -0.05) is 12.2 Å². The monoisotopic (exact) mass is 206 g/mol. The molecule has 1 aliphatic rings. The molecule has 0 saturated heterocycles. The summed E-state index contributed by atoms with van der Waals surface area (Å²) in [6.07, 6.45) is 2.59. The van der Waals surface area contributed by atoms with Crippen molar-refractivity contribution in [2.45, 2.75) is 46.6 Å². The summed E-state index contributed by atoms with van der Waals surface area (Å²) in [7, 11) is 2.13. The number of amidine groups is 1. The van der Waals surface area contributed by atoms with Gasteiger partial charge in [0.1, 0.15) is 5.84 Å². The topological polar surface area (TPSA) is 15.6 Å². The second-order valence-electron chi connectivity index (χ2n) is 4.64. The molecule has 0 aliphatic heterocycles. The molecule has 0 aromatic rings. The van der Waals surface area contributed by atoms with E-state index in [1.165, 1.54) is 24.0 Å². The zero-order chi connectivity index (χ0) is 11.6. The number of likely N-dealkylation sites (N-methyl/N-ethyl adjacent to an activating group) is 1. The molecular weight excluding hydrogens is 184 g/mol. The van der Waals surface area contributed by atoms with Crippen LogP contribution >= 0.6 is 0 Å². The van der Waals surface area contributed by atoms with Gasteiger partial charge in [0.25, 0.3) is 0 Å². The van der Waals surface area contributed by atoms with Crippen molar-refractivity contribution in [3.8, 4) is 0 Å². The Balaban J connectivity index is 2.97. The zero-order valence-corrected chi connectivity index (χ0v) is 10.6. The van der Waals surface area contributed by atoms with Gasteiger partial charge in [0.2, 0.25) is 0 Å². The van der Waals surface area contributed by atoms with Crippen LogP contribution in [0.1, 0.15) is 40.5 Å². The molecular formula is C13H22N2. The molecule has 2 heteroatoms. The SMILES string of the molecule is C=C(C)/N=C(\C(C)=C(C)C)N(C)C1CC1. The highest BCUT2D eigenvalue weighted by molar-refractivity contribution is 5.99. The van der Waals surface area contributed by atoms with E-state index in [0.717, 1.165) is 11.5 Å². The van der Waals surface area contributed by atoms with Crippen molar-refractivity contribution in [2.75, 3.05) is 7.05 Å². The van der Waals surface area contributed by atoms with Crippen molar-refractivity contribution in [1.29, 1.82) is 0 Å². The van der Waals surface area contributed by atoms with Crippen molar-refractivity contribution in [1.82, 2.24) is 4.90 Å². The van der Waals surface area contributed by atoms with E-state index in [0.29, 0.717) is 6.04 Å². The molecule has 0 N–H and O–H groups in total. The van der Waals surface area contributed by atoms with Crippen LogP contribution in [-0.2, 0) is 0 Å². The van der Waals surface area contributed by atoms with Gasteiger partial charge in [-0.3, -0.25) is 0 Å². The summed E-state index contributed by atoms with van der Waals surface area (Å²) in [5.74, 6) is 1.09. The second kappa shape index (κ2) is 4.65. The molecule has 15 heavy (non-hydrogen) atoms. The van der Waals surface area contributed by atoms with E-state index in [1.807, 2.05) is 6.92 Å². The van der Waals surface area contributed by atoms with Crippen LogP contribution in [0, 0.1) is 0 Å². The Labute approximate surface area is 93.4 Å². The van der Waals surface area contributed by atoms with E-state index < -0.39 is 0 Å². The third-order valence-corrected chi connectivity index (χ3v) is 2.81. The van der Waals surface area contributed by atoms with E-state index in [9.17, 15) is 0 Å². The fourth-order valence-corrected chi connectivity index (χ4v) is 1.47. The summed E-state index contributed by atoms with van der Waals surface area (Å²) in [4.78, 5) is 6.84. The van der Waals surface area contributed by atoms with Crippen LogP contribution in [0.25, 0.3) is 0 Å². The standard InChI is InChI=1S/C13H22N2/c1-9(2)11(5)13(14-10(3)4)15(6)12-7-8-12/h12H,3,7-8H2,1-2,4-6H3/b14-13+. The minimum absolute atomic E-state index is 0.692. The Bertz CT molecular complexity index is 315. The van der Waals surface area contributed by atoms with Gasteiger partial charge in [-0.15, -0.1) is 0 Å². The Morgan fingerprint density at radius 1 is 1.20 bits per heavy atom. The predicted octanol–water partition coefficient (Wildman–Crippen LogP) is 3.37.